The van der Waals surface area contributed by atoms with Gasteiger partial charge in [0.2, 0.25) is 0 Å². The summed E-state index contributed by atoms with van der Waals surface area (Å²) in [5, 5.41) is 11.5. The molecular weight excluding hydrogens is 247 g/mol. The summed E-state index contributed by atoms with van der Waals surface area (Å²) in [5.74, 6) is 0.192. The van der Waals surface area contributed by atoms with Crippen molar-refractivity contribution in [3.8, 4) is 5.75 Å². The van der Waals surface area contributed by atoms with Gasteiger partial charge in [-0.15, -0.1) is 0 Å². The Morgan fingerprint density at radius 2 is 1.95 bits per heavy atom. The van der Waals surface area contributed by atoms with Crippen LogP contribution in [0.15, 0.2) is 53.7 Å². The first kappa shape index (κ1) is 12.9. The molecule has 0 atom stereocenters. The monoisotopic (exact) mass is 260 g/mol. The van der Waals surface area contributed by atoms with Crippen LogP contribution < -0.4 is 10.5 Å². The minimum Gasteiger partial charge on any atom is -0.489 e. The van der Waals surface area contributed by atoms with E-state index in [9.17, 15) is 4.39 Å². The number of benzene rings is 2. The molecule has 0 amide bonds. The summed E-state index contributed by atoms with van der Waals surface area (Å²) in [5.41, 5.74) is 6.98. The van der Waals surface area contributed by atoms with Crippen LogP contribution in [0.4, 0.5) is 4.39 Å². The lowest BCUT2D eigenvalue weighted by molar-refractivity contribution is 0.304. The minimum atomic E-state index is -0.334. The molecule has 0 heterocycles. The average Bonchev–Trinajstić information content (AvgIpc) is 2.45. The number of oxime groups is 1. The average molecular weight is 260 g/mol. The lowest BCUT2D eigenvalue weighted by Crippen LogP contribution is -2.12. The van der Waals surface area contributed by atoms with Crippen LogP contribution in [0, 0.1) is 5.82 Å². The van der Waals surface area contributed by atoms with Crippen molar-refractivity contribution >= 4 is 5.84 Å². The van der Waals surface area contributed by atoms with Gasteiger partial charge in [0.1, 0.15) is 18.2 Å². The number of hydrogen-bond acceptors (Lipinski definition) is 3. The van der Waals surface area contributed by atoms with Gasteiger partial charge in [0.05, 0.1) is 0 Å². The molecule has 5 heteroatoms. The van der Waals surface area contributed by atoms with E-state index in [4.69, 9.17) is 15.7 Å². The van der Waals surface area contributed by atoms with Crippen molar-refractivity contribution in [2.75, 3.05) is 0 Å². The van der Waals surface area contributed by atoms with E-state index in [-0.39, 0.29) is 11.7 Å². The van der Waals surface area contributed by atoms with Crippen molar-refractivity contribution in [2.24, 2.45) is 10.9 Å². The second kappa shape index (κ2) is 5.86. The molecule has 0 unspecified atom stereocenters. The van der Waals surface area contributed by atoms with Crippen molar-refractivity contribution in [3.63, 3.8) is 0 Å². The highest BCUT2D eigenvalue weighted by atomic mass is 19.1. The van der Waals surface area contributed by atoms with Crippen molar-refractivity contribution in [1.82, 2.24) is 0 Å². The molecular formula is C14H13FN2O2. The maximum atomic E-state index is 12.9. The first-order valence-electron chi connectivity index (χ1n) is 5.64. The third-order valence-corrected chi connectivity index (χ3v) is 2.56. The second-order valence-corrected chi connectivity index (χ2v) is 3.93. The second-order valence-electron chi connectivity index (χ2n) is 3.93. The fourth-order valence-corrected chi connectivity index (χ4v) is 1.55. The summed E-state index contributed by atoms with van der Waals surface area (Å²) in [6.07, 6.45) is 0. The van der Waals surface area contributed by atoms with Crippen LogP contribution in [-0.2, 0) is 6.61 Å². The zero-order chi connectivity index (χ0) is 13.7. The van der Waals surface area contributed by atoms with Gasteiger partial charge < -0.3 is 15.7 Å². The van der Waals surface area contributed by atoms with Crippen LogP contribution in [0.1, 0.15) is 11.1 Å². The van der Waals surface area contributed by atoms with Crippen LogP contribution >= 0.6 is 0 Å². The lowest BCUT2D eigenvalue weighted by atomic mass is 10.1. The van der Waals surface area contributed by atoms with Crippen molar-refractivity contribution in [1.29, 1.82) is 0 Å². The highest BCUT2D eigenvalue weighted by Crippen LogP contribution is 2.14. The Balaban J connectivity index is 2.00. The number of nitrogens with zero attached hydrogens (tertiary/aromatic N) is 1. The maximum absolute atomic E-state index is 12.9. The van der Waals surface area contributed by atoms with Gasteiger partial charge in [-0.2, -0.15) is 0 Å². The summed E-state index contributed by atoms with van der Waals surface area (Å²) < 4.78 is 18.4. The van der Waals surface area contributed by atoms with Crippen LogP contribution in [0.5, 0.6) is 5.75 Å². The van der Waals surface area contributed by atoms with E-state index >= 15 is 0 Å². The molecule has 2 rings (SSSR count). The number of nitrogens with two attached hydrogens (primary N) is 1. The molecule has 19 heavy (non-hydrogen) atoms. The van der Waals surface area contributed by atoms with Gasteiger partial charge in [-0.3, -0.25) is 0 Å². The Morgan fingerprint density at radius 3 is 2.58 bits per heavy atom. The molecule has 4 nitrogen and oxygen atoms in total. The van der Waals surface area contributed by atoms with Crippen LogP contribution in [0.3, 0.4) is 0 Å². The topological polar surface area (TPSA) is 67.8 Å². The molecule has 0 aliphatic carbocycles. The highest BCUT2D eigenvalue weighted by molar-refractivity contribution is 5.96. The fraction of sp³-hybridized carbons (Fsp3) is 0.0714. The Morgan fingerprint density at radius 1 is 1.21 bits per heavy atom. The predicted octanol–water partition coefficient (Wildman–Crippen LogP) is 2.50. The van der Waals surface area contributed by atoms with Crippen molar-refractivity contribution in [3.05, 3.63) is 65.5 Å². The molecule has 0 fully saturated rings. The minimum absolute atomic E-state index is 0.0533. The number of halogens is 1. The summed E-state index contributed by atoms with van der Waals surface area (Å²) in [6.45, 7) is 0.319. The Bertz CT molecular complexity index is 582. The van der Waals surface area contributed by atoms with E-state index in [0.717, 1.165) is 5.56 Å². The number of ether oxygens (including phenoxy) is 1. The maximum Gasteiger partial charge on any atom is 0.170 e. The fourth-order valence-electron chi connectivity index (χ4n) is 1.55. The molecule has 0 saturated heterocycles. The molecule has 0 saturated carbocycles. The van der Waals surface area contributed by atoms with E-state index < -0.39 is 0 Å². The standard InChI is InChI=1S/C14H13FN2O2/c15-12-2-1-3-13(8-12)19-9-10-4-6-11(7-5-10)14(16)17-18/h1-8,18H,9H2,(H2,16,17). The third-order valence-electron chi connectivity index (χ3n) is 2.56. The van der Waals surface area contributed by atoms with Gasteiger partial charge in [0.25, 0.3) is 0 Å². The SMILES string of the molecule is N/C(=N\O)c1ccc(COc2cccc(F)c2)cc1. The zero-order valence-electron chi connectivity index (χ0n) is 10.1. The number of rotatable bonds is 4. The molecule has 2 aromatic rings. The normalized spacial score (nSPS) is 11.3. The van der Waals surface area contributed by atoms with Gasteiger partial charge in [-0.05, 0) is 17.7 Å². The van der Waals surface area contributed by atoms with Crippen molar-refractivity contribution in [2.45, 2.75) is 6.61 Å². The molecule has 3 N–H and O–H groups in total. The molecule has 0 aliphatic rings. The van der Waals surface area contributed by atoms with E-state index in [2.05, 4.69) is 5.16 Å². The quantitative estimate of drug-likeness (QED) is 0.384. The number of hydrogen-bond donors (Lipinski definition) is 2. The molecule has 0 radical (unpaired) electrons. The van der Waals surface area contributed by atoms with Gasteiger partial charge in [-0.25, -0.2) is 4.39 Å². The van der Waals surface area contributed by atoms with Gasteiger partial charge in [-0.1, -0.05) is 35.5 Å². The number of amidine groups is 1. The van der Waals surface area contributed by atoms with Crippen LogP contribution in [0.2, 0.25) is 0 Å². The summed E-state index contributed by atoms with van der Waals surface area (Å²) in [7, 11) is 0. The molecule has 98 valence electrons. The molecule has 0 spiro atoms. The van der Waals surface area contributed by atoms with E-state index in [1.165, 1.54) is 12.1 Å². The highest BCUT2D eigenvalue weighted by Gasteiger charge is 2.01. The van der Waals surface area contributed by atoms with Crippen LogP contribution in [0.25, 0.3) is 0 Å². The summed E-state index contributed by atoms with van der Waals surface area (Å²) >= 11 is 0. The molecule has 0 bridgehead atoms. The largest absolute Gasteiger partial charge is 0.489 e. The van der Waals surface area contributed by atoms with E-state index in [0.29, 0.717) is 17.9 Å². The van der Waals surface area contributed by atoms with Crippen LogP contribution in [-0.4, -0.2) is 11.0 Å². The Kier molecular flexibility index (Phi) is 3.97. The molecule has 2 aromatic carbocycles. The zero-order valence-corrected chi connectivity index (χ0v) is 10.1. The smallest absolute Gasteiger partial charge is 0.170 e. The summed E-state index contributed by atoms with van der Waals surface area (Å²) in [6, 6.07) is 13.0. The first-order valence-corrected chi connectivity index (χ1v) is 5.64. The summed E-state index contributed by atoms with van der Waals surface area (Å²) in [4.78, 5) is 0. The predicted molar refractivity (Wildman–Crippen MR) is 69.7 cm³/mol. The first-order chi connectivity index (χ1) is 9.19. The Hall–Kier alpha value is -2.56. The molecule has 0 aromatic heterocycles. The molecule has 0 aliphatic heterocycles. The lowest BCUT2D eigenvalue weighted by Gasteiger charge is -2.07. The van der Waals surface area contributed by atoms with Crippen molar-refractivity contribution < 1.29 is 14.3 Å². The van der Waals surface area contributed by atoms with E-state index in [1.807, 2.05) is 0 Å². The van der Waals surface area contributed by atoms with Gasteiger partial charge >= 0.3 is 0 Å². The van der Waals surface area contributed by atoms with Gasteiger partial charge in [0, 0.05) is 11.6 Å². The Labute approximate surface area is 109 Å². The third kappa shape index (κ3) is 3.45. The van der Waals surface area contributed by atoms with E-state index in [1.54, 1.807) is 36.4 Å². The van der Waals surface area contributed by atoms with Gasteiger partial charge in [0.15, 0.2) is 5.84 Å².